The molecule has 1 saturated carbocycles. The minimum absolute atomic E-state index is 0.0710. The number of nitrogens with one attached hydrogen (secondary N) is 1. The molecule has 8 heteroatoms. The van der Waals surface area contributed by atoms with Gasteiger partial charge in [-0.05, 0) is 61.1 Å². The van der Waals surface area contributed by atoms with Gasteiger partial charge >= 0.3 is 0 Å². The first kappa shape index (κ1) is 20.2. The Kier molecular flexibility index (Phi) is 5.85. The first-order valence-electron chi connectivity index (χ1n) is 9.86. The van der Waals surface area contributed by atoms with Crippen LogP contribution in [0.2, 0.25) is 0 Å². The van der Waals surface area contributed by atoms with Gasteiger partial charge in [-0.25, -0.2) is 13.5 Å². The third kappa shape index (κ3) is 4.38. The van der Waals surface area contributed by atoms with Gasteiger partial charge in [-0.2, -0.15) is 5.10 Å². The number of carbonyl (C=O) groups is 1. The van der Waals surface area contributed by atoms with Crippen molar-refractivity contribution in [3.05, 3.63) is 77.4 Å². The molecule has 0 unspecified atom stereocenters. The summed E-state index contributed by atoms with van der Waals surface area (Å²) < 4.78 is 28.7. The Morgan fingerprint density at radius 2 is 2.07 bits per heavy atom. The molecule has 0 bridgehead atoms. The Morgan fingerprint density at radius 1 is 1.27 bits per heavy atom. The third-order valence-corrected chi connectivity index (χ3v) is 5.39. The van der Waals surface area contributed by atoms with Crippen LogP contribution in [-0.2, 0) is 6.42 Å². The average Bonchev–Trinajstić information content (AvgIpc) is 3.41. The molecule has 0 aliphatic heterocycles. The topological polar surface area (TPSA) is 80.0 Å². The second kappa shape index (κ2) is 8.71. The number of nitrogens with zero attached hydrogens (tertiary/aromatic N) is 3. The molecule has 1 aliphatic carbocycles. The summed E-state index contributed by atoms with van der Waals surface area (Å²) in [6.07, 6.45) is 3.71. The lowest BCUT2D eigenvalue weighted by molar-refractivity contribution is 0.0867. The van der Waals surface area contributed by atoms with Gasteiger partial charge in [-0.3, -0.25) is 9.78 Å². The molecule has 0 saturated heterocycles. The Labute approximate surface area is 172 Å². The summed E-state index contributed by atoms with van der Waals surface area (Å²) >= 11 is 0. The summed E-state index contributed by atoms with van der Waals surface area (Å²) in [6.45, 7) is 0. The fourth-order valence-corrected chi connectivity index (χ4v) is 3.74. The molecule has 2 aromatic heterocycles. The highest BCUT2D eigenvalue weighted by Gasteiger charge is 2.27. The van der Waals surface area contributed by atoms with Crippen LogP contribution in [0.25, 0.3) is 5.69 Å². The van der Waals surface area contributed by atoms with Gasteiger partial charge in [0.2, 0.25) is 0 Å². The van der Waals surface area contributed by atoms with Gasteiger partial charge < -0.3 is 10.4 Å². The Morgan fingerprint density at radius 3 is 2.70 bits per heavy atom. The third-order valence-electron chi connectivity index (χ3n) is 5.39. The van der Waals surface area contributed by atoms with E-state index in [0.29, 0.717) is 18.4 Å². The number of rotatable bonds is 6. The normalized spacial score (nSPS) is 18.7. The largest absolute Gasteiger partial charge is 0.391 e. The maximum atomic E-state index is 13.5. The maximum absolute atomic E-state index is 13.5. The highest BCUT2D eigenvalue weighted by Crippen LogP contribution is 2.26. The van der Waals surface area contributed by atoms with Gasteiger partial charge in [-0.15, -0.1) is 0 Å². The molecule has 2 N–H and O–H groups in total. The van der Waals surface area contributed by atoms with Crippen LogP contribution in [0.15, 0.2) is 55.0 Å². The van der Waals surface area contributed by atoms with E-state index in [2.05, 4.69) is 15.4 Å². The van der Waals surface area contributed by atoms with Gasteiger partial charge in [0.1, 0.15) is 5.69 Å². The van der Waals surface area contributed by atoms with Crippen molar-refractivity contribution in [1.29, 1.82) is 0 Å². The summed E-state index contributed by atoms with van der Waals surface area (Å²) in [5.74, 6) is -0.461. The van der Waals surface area contributed by atoms with Crippen LogP contribution >= 0.6 is 0 Å². The van der Waals surface area contributed by atoms with E-state index in [1.54, 1.807) is 10.9 Å². The Balaban J connectivity index is 1.55. The molecule has 2 atom stereocenters. The minimum atomic E-state index is -2.69. The number of alkyl halides is 2. The number of hydrogen-bond donors (Lipinski definition) is 2. The number of carbonyl (C=O) groups excluding carboxylic acids is 1. The molecule has 156 valence electrons. The quantitative estimate of drug-likeness (QED) is 0.650. The molecule has 1 aliphatic rings. The molecule has 2 heterocycles. The summed E-state index contributed by atoms with van der Waals surface area (Å²) in [5, 5.41) is 16.8. The van der Waals surface area contributed by atoms with Crippen LogP contribution in [0.1, 0.15) is 52.9 Å². The van der Waals surface area contributed by atoms with Crippen molar-refractivity contribution in [3.63, 3.8) is 0 Å². The second-order valence-corrected chi connectivity index (χ2v) is 7.44. The number of hydrogen-bond acceptors (Lipinski definition) is 4. The lowest BCUT2D eigenvalue weighted by Gasteiger charge is -2.17. The summed E-state index contributed by atoms with van der Waals surface area (Å²) in [6, 6.07) is 10.3. The number of aliphatic hydroxyl groups excluding tert-OH is 1. The maximum Gasteiger partial charge on any atom is 0.270 e. The molecule has 1 amide bonds. The highest BCUT2D eigenvalue weighted by molar-refractivity contribution is 5.92. The van der Waals surface area contributed by atoms with Crippen molar-refractivity contribution in [1.82, 2.24) is 20.1 Å². The smallest absolute Gasteiger partial charge is 0.270 e. The van der Waals surface area contributed by atoms with Crippen molar-refractivity contribution in [2.45, 2.75) is 44.3 Å². The van der Waals surface area contributed by atoms with E-state index >= 15 is 0 Å². The van der Waals surface area contributed by atoms with Crippen LogP contribution in [0.4, 0.5) is 8.78 Å². The van der Waals surface area contributed by atoms with E-state index in [4.69, 9.17) is 0 Å². The molecule has 3 aromatic rings. The summed E-state index contributed by atoms with van der Waals surface area (Å²) in [4.78, 5) is 16.5. The van der Waals surface area contributed by atoms with E-state index in [0.717, 1.165) is 23.9 Å². The molecule has 1 aromatic carbocycles. The number of aromatic nitrogens is 3. The van der Waals surface area contributed by atoms with E-state index in [-0.39, 0.29) is 23.7 Å². The first-order valence-corrected chi connectivity index (χ1v) is 9.86. The molecular formula is C22H22F2N4O2. The van der Waals surface area contributed by atoms with Crippen molar-refractivity contribution < 1.29 is 18.7 Å². The Bertz CT molecular complexity index is 1010. The monoisotopic (exact) mass is 412 g/mol. The molecule has 0 spiro atoms. The van der Waals surface area contributed by atoms with E-state index in [1.807, 2.05) is 36.5 Å². The van der Waals surface area contributed by atoms with Crippen LogP contribution in [0.5, 0.6) is 0 Å². The zero-order chi connectivity index (χ0) is 21.1. The fourth-order valence-electron chi connectivity index (χ4n) is 3.74. The number of pyridine rings is 1. The van der Waals surface area contributed by atoms with Gasteiger partial charge in [0, 0.05) is 24.2 Å². The zero-order valence-corrected chi connectivity index (χ0v) is 16.2. The molecule has 30 heavy (non-hydrogen) atoms. The van der Waals surface area contributed by atoms with Crippen LogP contribution in [0.3, 0.4) is 0 Å². The molecule has 1 fully saturated rings. The molecular weight excluding hydrogens is 390 g/mol. The number of aliphatic hydroxyl groups is 1. The van der Waals surface area contributed by atoms with E-state index < -0.39 is 18.4 Å². The number of benzene rings is 1. The summed E-state index contributed by atoms with van der Waals surface area (Å²) in [7, 11) is 0. The van der Waals surface area contributed by atoms with Crippen molar-refractivity contribution in [2.24, 2.45) is 0 Å². The van der Waals surface area contributed by atoms with Gasteiger partial charge in [0.25, 0.3) is 12.3 Å². The van der Waals surface area contributed by atoms with E-state index in [9.17, 15) is 18.7 Å². The fraction of sp³-hybridized carbons (Fsp3) is 0.318. The minimum Gasteiger partial charge on any atom is -0.391 e. The van der Waals surface area contributed by atoms with Gasteiger partial charge in [0.15, 0.2) is 0 Å². The van der Waals surface area contributed by atoms with E-state index in [1.165, 1.54) is 6.07 Å². The molecule has 0 radical (unpaired) electrons. The number of halogens is 2. The van der Waals surface area contributed by atoms with Gasteiger partial charge in [0.05, 0.1) is 17.8 Å². The molecule has 6 nitrogen and oxygen atoms in total. The lowest BCUT2D eigenvalue weighted by atomic mass is 10.00. The zero-order valence-electron chi connectivity index (χ0n) is 16.2. The van der Waals surface area contributed by atoms with Crippen molar-refractivity contribution in [3.8, 4) is 5.69 Å². The second-order valence-electron chi connectivity index (χ2n) is 7.44. The predicted octanol–water partition coefficient (Wildman–Crippen LogP) is 3.44. The summed E-state index contributed by atoms with van der Waals surface area (Å²) in [5.41, 5.74) is 1.92. The first-order chi connectivity index (χ1) is 14.5. The van der Waals surface area contributed by atoms with Crippen LogP contribution in [0, 0.1) is 0 Å². The van der Waals surface area contributed by atoms with Gasteiger partial charge in [-0.1, -0.05) is 12.1 Å². The van der Waals surface area contributed by atoms with Crippen LogP contribution in [-0.4, -0.2) is 37.9 Å². The standard InChI is InChI=1S/C22H22F2N4O2/c23-21(24)17-13-25-19(22(30)27-18-3-1-4-20(18)29)12-15(17)11-14-5-7-16(8-6-14)28-10-2-9-26-28/h2,5-10,12-13,18,20-21,29H,1,3-4,11H2,(H,27,30)/t18-,20-/m0/s1. The van der Waals surface area contributed by atoms with Crippen LogP contribution < -0.4 is 5.32 Å². The lowest BCUT2D eigenvalue weighted by Crippen LogP contribution is -2.40. The Hall–Kier alpha value is -3.13. The average molecular weight is 412 g/mol. The SMILES string of the molecule is O=C(N[C@H]1CCC[C@@H]1O)c1cc(Cc2ccc(-n3cccn3)cc2)c(C(F)F)cn1. The number of amides is 1. The highest BCUT2D eigenvalue weighted by atomic mass is 19.3. The molecule has 4 rings (SSSR count). The predicted molar refractivity (Wildman–Crippen MR) is 107 cm³/mol. The van der Waals surface area contributed by atoms with Crippen molar-refractivity contribution >= 4 is 5.91 Å². The van der Waals surface area contributed by atoms with Crippen molar-refractivity contribution in [2.75, 3.05) is 0 Å².